The van der Waals surface area contributed by atoms with E-state index in [9.17, 15) is 4.79 Å². The SMILES string of the molecule is C[C@@H]1CCC[C@H](C)N1CCCCCn1c(=O)c(Cc2cccc(N)c2)cc2ccccc21. The highest BCUT2D eigenvalue weighted by Crippen LogP contribution is 2.23. The van der Waals surface area contributed by atoms with Crippen LogP contribution >= 0.6 is 0 Å². The lowest BCUT2D eigenvalue weighted by Gasteiger charge is -2.39. The number of rotatable bonds is 8. The molecule has 4 heteroatoms. The molecule has 32 heavy (non-hydrogen) atoms. The Bertz CT molecular complexity index is 1090. The van der Waals surface area contributed by atoms with Crippen LogP contribution < -0.4 is 11.3 Å². The predicted octanol–water partition coefficient (Wildman–Crippen LogP) is 5.61. The van der Waals surface area contributed by atoms with Crippen molar-refractivity contribution >= 4 is 16.6 Å². The van der Waals surface area contributed by atoms with Crippen molar-refractivity contribution in [2.75, 3.05) is 12.3 Å². The first-order valence-corrected chi connectivity index (χ1v) is 12.2. The van der Waals surface area contributed by atoms with Crippen LogP contribution in [0.15, 0.2) is 59.4 Å². The maximum atomic E-state index is 13.4. The number of nitrogens with two attached hydrogens (primary N) is 1. The van der Waals surface area contributed by atoms with Gasteiger partial charge in [0.2, 0.25) is 0 Å². The number of nitrogens with zero attached hydrogens (tertiary/aromatic N) is 2. The number of unbranched alkanes of at least 4 members (excludes halogenated alkanes) is 2. The predicted molar refractivity (Wildman–Crippen MR) is 135 cm³/mol. The molecule has 2 heterocycles. The molecule has 0 radical (unpaired) electrons. The molecule has 2 atom stereocenters. The summed E-state index contributed by atoms with van der Waals surface area (Å²) in [5, 5.41) is 1.13. The molecule has 0 amide bonds. The molecule has 170 valence electrons. The van der Waals surface area contributed by atoms with Crippen molar-refractivity contribution < 1.29 is 0 Å². The van der Waals surface area contributed by atoms with Gasteiger partial charge in [0.1, 0.15) is 0 Å². The Morgan fingerprint density at radius 2 is 1.66 bits per heavy atom. The standard InChI is InChI=1S/C28H37N3O/c1-21-10-8-11-22(2)30(21)16-6-3-7-17-31-27-15-5-4-13-24(27)20-25(28(31)32)18-23-12-9-14-26(29)19-23/h4-5,9,12-15,19-22H,3,6-8,10-11,16-18,29H2,1-2H3/t21-,22+. The molecule has 4 nitrogen and oxygen atoms in total. The highest BCUT2D eigenvalue weighted by Gasteiger charge is 2.23. The Morgan fingerprint density at radius 1 is 0.906 bits per heavy atom. The molecular weight excluding hydrogens is 394 g/mol. The van der Waals surface area contributed by atoms with Crippen LogP contribution in [0.1, 0.15) is 63.5 Å². The summed E-state index contributed by atoms with van der Waals surface area (Å²) >= 11 is 0. The summed E-state index contributed by atoms with van der Waals surface area (Å²) in [5.74, 6) is 0. The van der Waals surface area contributed by atoms with Crippen molar-refractivity contribution in [1.29, 1.82) is 0 Å². The number of pyridine rings is 1. The van der Waals surface area contributed by atoms with E-state index in [1.54, 1.807) is 0 Å². The fourth-order valence-electron chi connectivity index (χ4n) is 5.32. The smallest absolute Gasteiger partial charge is 0.254 e. The Balaban J connectivity index is 1.45. The monoisotopic (exact) mass is 431 g/mol. The first-order valence-electron chi connectivity index (χ1n) is 12.2. The molecule has 0 aliphatic carbocycles. The van der Waals surface area contributed by atoms with Crippen molar-refractivity contribution in [3.63, 3.8) is 0 Å². The van der Waals surface area contributed by atoms with Crippen LogP contribution in [0.25, 0.3) is 10.9 Å². The molecule has 3 aromatic rings. The van der Waals surface area contributed by atoms with Crippen LogP contribution in [-0.4, -0.2) is 28.1 Å². The number of para-hydroxylation sites is 1. The molecule has 1 fully saturated rings. The number of anilines is 1. The fourth-order valence-corrected chi connectivity index (χ4v) is 5.32. The van der Waals surface area contributed by atoms with Gasteiger partial charge in [0.15, 0.2) is 0 Å². The van der Waals surface area contributed by atoms with Crippen molar-refractivity contribution in [1.82, 2.24) is 9.47 Å². The third-order valence-corrected chi connectivity index (χ3v) is 7.10. The van der Waals surface area contributed by atoms with Crippen LogP contribution in [0.3, 0.4) is 0 Å². The molecule has 0 bridgehead atoms. The van der Waals surface area contributed by atoms with Crippen molar-refractivity contribution in [3.05, 3.63) is 76.1 Å². The van der Waals surface area contributed by atoms with Gasteiger partial charge in [0.05, 0.1) is 5.52 Å². The van der Waals surface area contributed by atoms with Gasteiger partial charge in [-0.3, -0.25) is 9.69 Å². The van der Waals surface area contributed by atoms with Crippen molar-refractivity contribution in [2.24, 2.45) is 0 Å². The van der Waals surface area contributed by atoms with Gasteiger partial charge in [-0.2, -0.15) is 0 Å². The number of hydrogen-bond acceptors (Lipinski definition) is 3. The average Bonchev–Trinajstić information content (AvgIpc) is 2.77. The largest absolute Gasteiger partial charge is 0.399 e. The van der Waals surface area contributed by atoms with E-state index in [1.165, 1.54) is 32.2 Å². The van der Waals surface area contributed by atoms with Gasteiger partial charge in [-0.15, -0.1) is 0 Å². The number of nitrogen functional groups attached to an aromatic ring is 1. The Labute approximate surface area is 192 Å². The molecule has 1 aliphatic rings. The zero-order valence-corrected chi connectivity index (χ0v) is 19.6. The number of fused-ring (bicyclic) bond motifs is 1. The summed E-state index contributed by atoms with van der Waals surface area (Å²) in [6.45, 7) is 6.68. The Morgan fingerprint density at radius 3 is 2.44 bits per heavy atom. The van der Waals surface area contributed by atoms with Crippen LogP contribution in [-0.2, 0) is 13.0 Å². The minimum Gasteiger partial charge on any atom is -0.399 e. The lowest BCUT2D eigenvalue weighted by atomic mass is 9.97. The second-order valence-electron chi connectivity index (χ2n) is 9.53. The van der Waals surface area contributed by atoms with E-state index in [0.29, 0.717) is 18.5 Å². The topological polar surface area (TPSA) is 51.3 Å². The molecule has 2 aromatic carbocycles. The summed E-state index contributed by atoms with van der Waals surface area (Å²) < 4.78 is 1.99. The second-order valence-corrected chi connectivity index (χ2v) is 9.53. The summed E-state index contributed by atoms with van der Waals surface area (Å²) in [6, 6.07) is 19.5. The molecule has 1 aromatic heterocycles. The summed E-state index contributed by atoms with van der Waals surface area (Å²) in [5.41, 5.74) is 9.77. The summed E-state index contributed by atoms with van der Waals surface area (Å²) in [4.78, 5) is 16.1. The number of aryl methyl sites for hydroxylation is 1. The average molecular weight is 432 g/mol. The zero-order chi connectivity index (χ0) is 22.5. The van der Waals surface area contributed by atoms with Gasteiger partial charge in [-0.1, -0.05) is 43.2 Å². The van der Waals surface area contributed by atoms with Crippen molar-refractivity contribution in [3.8, 4) is 0 Å². The van der Waals surface area contributed by atoms with E-state index in [1.807, 2.05) is 41.0 Å². The first kappa shape index (κ1) is 22.6. The van der Waals surface area contributed by atoms with Gasteiger partial charge in [-0.05, 0) is 81.3 Å². The van der Waals surface area contributed by atoms with E-state index < -0.39 is 0 Å². The van der Waals surface area contributed by atoms with Gasteiger partial charge < -0.3 is 10.3 Å². The van der Waals surface area contributed by atoms with E-state index in [2.05, 4.69) is 36.9 Å². The second kappa shape index (κ2) is 10.4. The molecule has 2 N–H and O–H groups in total. The molecule has 0 spiro atoms. The van der Waals surface area contributed by atoms with Gasteiger partial charge in [0, 0.05) is 36.3 Å². The van der Waals surface area contributed by atoms with Gasteiger partial charge in [-0.25, -0.2) is 0 Å². The highest BCUT2D eigenvalue weighted by molar-refractivity contribution is 5.79. The molecule has 1 aliphatic heterocycles. The minimum atomic E-state index is 0.129. The normalized spacial score (nSPS) is 19.4. The number of benzene rings is 2. The van der Waals surface area contributed by atoms with Gasteiger partial charge in [0.25, 0.3) is 5.56 Å². The lowest BCUT2D eigenvalue weighted by molar-refractivity contribution is 0.101. The molecular formula is C28H37N3O. The molecule has 4 rings (SSSR count). The van der Waals surface area contributed by atoms with Crippen LogP contribution in [0.4, 0.5) is 5.69 Å². The van der Waals surface area contributed by atoms with E-state index in [-0.39, 0.29) is 5.56 Å². The molecule has 0 saturated carbocycles. The Hall–Kier alpha value is -2.59. The van der Waals surface area contributed by atoms with Crippen LogP contribution in [0.5, 0.6) is 0 Å². The summed E-state index contributed by atoms with van der Waals surface area (Å²) in [7, 11) is 0. The summed E-state index contributed by atoms with van der Waals surface area (Å²) in [6.07, 6.45) is 8.00. The maximum absolute atomic E-state index is 13.4. The molecule has 0 unspecified atom stereocenters. The maximum Gasteiger partial charge on any atom is 0.254 e. The third-order valence-electron chi connectivity index (χ3n) is 7.10. The highest BCUT2D eigenvalue weighted by atomic mass is 16.1. The van der Waals surface area contributed by atoms with Crippen LogP contribution in [0.2, 0.25) is 0 Å². The minimum absolute atomic E-state index is 0.129. The van der Waals surface area contributed by atoms with E-state index in [0.717, 1.165) is 47.1 Å². The quantitative estimate of drug-likeness (QED) is 0.373. The fraction of sp³-hybridized carbons (Fsp3) is 0.464. The van der Waals surface area contributed by atoms with Gasteiger partial charge >= 0.3 is 0 Å². The first-order chi connectivity index (χ1) is 15.5. The number of piperidine rings is 1. The number of likely N-dealkylation sites (tertiary alicyclic amines) is 1. The third kappa shape index (κ3) is 5.24. The van der Waals surface area contributed by atoms with Crippen molar-refractivity contribution in [2.45, 2.75) is 77.4 Å². The van der Waals surface area contributed by atoms with E-state index >= 15 is 0 Å². The Kier molecular flexibility index (Phi) is 7.31. The lowest BCUT2D eigenvalue weighted by Crippen LogP contribution is -2.44. The number of hydrogen-bond donors (Lipinski definition) is 1. The number of aromatic nitrogens is 1. The molecule has 1 saturated heterocycles. The van der Waals surface area contributed by atoms with Crippen LogP contribution in [0, 0.1) is 0 Å². The zero-order valence-electron chi connectivity index (χ0n) is 19.6. The van der Waals surface area contributed by atoms with E-state index in [4.69, 9.17) is 5.73 Å².